The van der Waals surface area contributed by atoms with Crippen molar-refractivity contribution < 1.29 is 13.9 Å². The van der Waals surface area contributed by atoms with Gasteiger partial charge in [0.05, 0.1) is 24.1 Å². The van der Waals surface area contributed by atoms with Crippen LogP contribution in [0.5, 0.6) is 5.75 Å². The Hall–Kier alpha value is -2.41. The number of nitrogens with one attached hydrogen (secondary N) is 1. The summed E-state index contributed by atoms with van der Waals surface area (Å²) in [6.07, 6.45) is 1.44. The molecule has 3 rings (SSSR count). The van der Waals surface area contributed by atoms with Gasteiger partial charge in [0.15, 0.2) is 0 Å². The van der Waals surface area contributed by atoms with Gasteiger partial charge in [0.2, 0.25) is 5.91 Å². The summed E-state index contributed by atoms with van der Waals surface area (Å²) in [6, 6.07) is 16.4. The number of thioether (sulfide) groups is 1. The normalized spacial score (nSPS) is 11.0. The zero-order chi connectivity index (χ0) is 20.6. The molecule has 1 aromatic heterocycles. The van der Waals surface area contributed by atoms with Crippen molar-refractivity contribution in [1.29, 1.82) is 0 Å². The highest BCUT2D eigenvalue weighted by Gasteiger charge is 2.08. The third kappa shape index (κ3) is 6.29. The summed E-state index contributed by atoms with van der Waals surface area (Å²) in [4.78, 5) is 11.9. The first-order valence-corrected chi connectivity index (χ1v) is 10.5. The zero-order valence-electron chi connectivity index (χ0n) is 15.5. The number of benzene rings is 2. The molecule has 2 aromatic carbocycles. The zero-order valence-corrected chi connectivity index (χ0v) is 17.9. The number of methoxy groups -OCH3 is 1. The lowest BCUT2D eigenvalue weighted by atomic mass is 10.2. The number of carbonyl (C=O) groups excluding carboxylic acids is 1. The van der Waals surface area contributed by atoms with Crippen LogP contribution in [-0.4, -0.2) is 25.0 Å². The lowest BCUT2D eigenvalue weighted by molar-refractivity contribution is -0.118. The molecule has 0 fully saturated rings. The van der Waals surface area contributed by atoms with Gasteiger partial charge in [0.1, 0.15) is 17.3 Å². The average molecular weight is 449 g/mol. The molecule has 3 aromatic rings. The van der Waals surface area contributed by atoms with Gasteiger partial charge in [-0.2, -0.15) is 5.10 Å². The third-order valence-corrected chi connectivity index (χ3v) is 5.42. The summed E-state index contributed by atoms with van der Waals surface area (Å²) in [5.74, 6) is 2.74. The molecule has 1 N–H and O–H groups in total. The van der Waals surface area contributed by atoms with E-state index in [1.54, 1.807) is 37.4 Å². The fourth-order valence-electron chi connectivity index (χ4n) is 2.44. The van der Waals surface area contributed by atoms with Crippen LogP contribution in [0.1, 0.15) is 11.3 Å². The summed E-state index contributed by atoms with van der Waals surface area (Å²) in [5.41, 5.74) is 4.34. The fraction of sp³-hybridized carbons (Fsp3) is 0.143. The van der Waals surface area contributed by atoms with E-state index in [0.29, 0.717) is 27.3 Å². The molecule has 0 aliphatic rings. The minimum Gasteiger partial charge on any atom is -0.497 e. The van der Waals surface area contributed by atoms with Gasteiger partial charge in [-0.25, -0.2) is 5.43 Å². The van der Waals surface area contributed by atoms with Crippen molar-refractivity contribution in [2.24, 2.45) is 5.10 Å². The first-order valence-electron chi connectivity index (χ1n) is 8.63. The highest BCUT2D eigenvalue weighted by molar-refractivity contribution is 7.99. The molecule has 0 aliphatic heterocycles. The topological polar surface area (TPSA) is 63.8 Å². The standard InChI is InChI=1S/C21H18Cl2N2O3S/c1-27-16-5-2-14(3-6-16)12-29-13-21(26)25-24-11-17-7-9-20(28-17)18-8-4-15(22)10-19(18)23/h2-11H,12-13H2,1H3,(H,25,26). The fourth-order valence-corrected chi connectivity index (χ4v) is 3.72. The van der Waals surface area contributed by atoms with Crippen molar-refractivity contribution in [1.82, 2.24) is 5.43 Å². The molecule has 0 aliphatic carbocycles. The van der Waals surface area contributed by atoms with Gasteiger partial charge in [0, 0.05) is 16.3 Å². The molecular formula is C21H18Cl2N2O3S. The van der Waals surface area contributed by atoms with Crippen LogP contribution in [0.15, 0.2) is 64.1 Å². The number of amides is 1. The molecule has 0 unspecified atom stereocenters. The van der Waals surface area contributed by atoms with Crippen LogP contribution in [0.3, 0.4) is 0 Å². The second kappa shape index (κ2) is 10.4. The Kier molecular flexibility index (Phi) is 7.63. The molecule has 1 heterocycles. The predicted octanol–water partition coefficient (Wildman–Crippen LogP) is 5.65. The quantitative estimate of drug-likeness (QED) is 0.357. The molecule has 0 saturated heterocycles. The SMILES string of the molecule is COc1ccc(CSCC(=O)NN=Cc2ccc(-c3ccc(Cl)cc3Cl)o2)cc1. The molecule has 0 spiro atoms. The van der Waals surface area contributed by atoms with Gasteiger partial charge >= 0.3 is 0 Å². The number of carbonyl (C=O) groups is 1. The van der Waals surface area contributed by atoms with E-state index in [1.807, 2.05) is 24.3 Å². The predicted molar refractivity (Wildman–Crippen MR) is 119 cm³/mol. The number of ether oxygens (including phenoxy) is 1. The maximum atomic E-state index is 11.9. The minimum absolute atomic E-state index is 0.188. The Morgan fingerprint density at radius 1 is 1.17 bits per heavy atom. The minimum atomic E-state index is -0.188. The van der Waals surface area contributed by atoms with Crippen molar-refractivity contribution in [3.63, 3.8) is 0 Å². The summed E-state index contributed by atoms with van der Waals surface area (Å²) < 4.78 is 10.8. The summed E-state index contributed by atoms with van der Waals surface area (Å²) in [6.45, 7) is 0. The molecule has 0 radical (unpaired) electrons. The Bertz CT molecular complexity index is 1000. The Morgan fingerprint density at radius 2 is 1.97 bits per heavy atom. The average Bonchev–Trinajstić information content (AvgIpc) is 3.17. The molecule has 1 amide bonds. The maximum Gasteiger partial charge on any atom is 0.250 e. The second-order valence-corrected chi connectivity index (χ2v) is 7.79. The van der Waals surface area contributed by atoms with E-state index in [4.69, 9.17) is 32.4 Å². The lowest BCUT2D eigenvalue weighted by Crippen LogP contribution is -2.19. The van der Waals surface area contributed by atoms with Crippen LogP contribution in [0, 0.1) is 0 Å². The first-order chi connectivity index (χ1) is 14.0. The van der Waals surface area contributed by atoms with E-state index in [0.717, 1.165) is 22.6 Å². The van der Waals surface area contributed by atoms with Crippen LogP contribution in [0.4, 0.5) is 0 Å². The number of hydrogen-bond acceptors (Lipinski definition) is 5. The van der Waals surface area contributed by atoms with E-state index in [2.05, 4.69) is 10.5 Å². The molecule has 8 heteroatoms. The van der Waals surface area contributed by atoms with E-state index in [-0.39, 0.29) is 5.91 Å². The number of nitrogens with zero attached hydrogens (tertiary/aromatic N) is 1. The Balaban J connectivity index is 1.45. The highest BCUT2D eigenvalue weighted by Crippen LogP contribution is 2.31. The smallest absolute Gasteiger partial charge is 0.250 e. The molecule has 0 bridgehead atoms. The van der Waals surface area contributed by atoms with Crippen molar-refractivity contribution in [2.75, 3.05) is 12.9 Å². The maximum absolute atomic E-state index is 11.9. The largest absolute Gasteiger partial charge is 0.497 e. The number of rotatable bonds is 8. The highest BCUT2D eigenvalue weighted by atomic mass is 35.5. The van der Waals surface area contributed by atoms with Crippen molar-refractivity contribution in [3.05, 3.63) is 76.0 Å². The Labute approximate surface area is 183 Å². The van der Waals surface area contributed by atoms with Gasteiger partial charge < -0.3 is 9.15 Å². The van der Waals surface area contributed by atoms with Gasteiger partial charge in [-0.3, -0.25) is 4.79 Å². The van der Waals surface area contributed by atoms with Crippen LogP contribution < -0.4 is 10.2 Å². The van der Waals surface area contributed by atoms with Crippen LogP contribution >= 0.6 is 35.0 Å². The first kappa shape index (κ1) is 21.3. The van der Waals surface area contributed by atoms with Gasteiger partial charge in [-0.1, -0.05) is 35.3 Å². The number of halogens is 2. The van der Waals surface area contributed by atoms with E-state index in [1.165, 1.54) is 18.0 Å². The molecular weight excluding hydrogens is 431 g/mol. The van der Waals surface area contributed by atoms with Crippen molar-refractivity contribution >= 4 is 47.1 Å². The Morgan fingerprint density at radius 3 is 2.69 bits per heavy atom. The van der Waals surface area contributed by atoms with Gasteiger partial charge in [-0.05, 0) is 48.0 Å². The van der Waals surface area contributed by atoms with Crippen LogP contribution in [0.2, 0.25) is 10.0 Å². The number of furan rings is 1. The van der Waals surface area contributed by atoms with Gasteiger partial charge in [-0.15, -0.1) is 11.8 Å². The number of hydrazone groups is 1. The van der Waals surface area contributed by atoms with Crippen molar-refractivity contribution in [2.45, 2.75) is 5.75 Å². The third-order valence-electron chi connectivity index (χ3n) is 3.87. The van der Waals surface area contributed by atoms with E-state index >= 15 is 0 Å². The molecule has 0 saturated carbocycles. The van der Waals surface area contributed by atoms with E-state index < -0.39 is 0 Å². The lowest BCUT2D eigenvalue weighted by Gasteiger charge is -2.03. The molecule has 29 heavy (non-hydrogen) atoms. The second-order valence-electron chi connectivity index (χ2n) is 5.96. The summed E-state index contributed by atoms with van der Waals surface area (Å²) in [5, 5.41) is 4.98. The van der Waals surface area contributed by atoms with Crippen LogP contribution in [-0.2, 0) is 10.5 Å². The van der Waals surface area contributed by atoms with Crippen molar-refractivity contribution in [3.8, 4) is 17.1 Å². The number of hydrogen-bond donors (Lipinski definition) is 1. The van der Waals surface area contributed by atoms with E-state index in [9.17, 15) is 4.79 Å². The summed E-state index contributed by atoms with van der Waals surface area (Å²) in [7, 11) is 1.63. The monoisotopic (exact) mass is 448 g/mol. The molecule has 0 atom stereocenters. The molecule has 5 nitrogen and oxygen atoms in total. The molecule has 150 valence electrons. The van der Waals surface area contributed by atoms with Crippen LogP contribution in [0.25, 0.3) is 11.3 Å². The summed E-state index contributed by atoms with van der Waals surface area (Å²) >= 11 is 13.6. The van der Waals surface area contributed by atoms with Gasteiger partial charge in [0.25, 0.3) is 0 Å².